The normalized spacial score (nSPS) is 29.4. The van der Waals surface area contributed by atoms with Gasteiger partial charge in [-0.2, -0.15) is 0 Å². The van der Waals surface area contributed by atoms with Crippen LogP contribution in [0, 0.1) is 5.92 Å². The number of nitrogens with one attached hydrogen (secondary N) is 1. The molecule has 1 fully saturated rings. The van der Waals surface area contributed by atoms with Crippen LogP contribution in [0.2, 0.25) is 0 Å². The monoisotopic (exact) mass is 212 g/mol. The fourth-order valence-corrected chi connectivity index (χ4v) is 2.70. The zero-order chi connectivity index (χ0) is 11.3. The fourth-order valence-electron chi connectivity index (χ4n) is 2.70. The van der Waals surface area contributed by atoms with Gasteiger partial charge in [-0.1, -0.05) is 20.3 Å². The van der Waals surface area contributed by atoms with Gasteiger partial charge in [0.15, 0.2) is 0 Å². The Labute approximate surface area is 95.4 Å². The largest absolute Gasteiger partial charge is 0.315 e. The smallest absolute Gasteiger partial charge is 0.0248 e. The second-order valence-electron chi connectivity index (χ2n) is 5.18. The summed E-state index contributed by atoms with van der Waals surface area (Å²) in [5.41, 5.74) is 0. The number of likely N-dealkylation sites (tertiary alicyclic amines) is 1. The van der Waals surface area contributed by atoms with Crippen LogP contribution in [0.15, 0.2) is 0 Å². The number of nitrogens with zero attached hydrogens (tertiary/aromatic N) is 1. The average molecular weight is 212 g/mol. The van der Waals surface area contributed by atoms with Crippen molar-refractivity contribution in [2.75, 3.05) is 19.6 Å². The molecule has 2 heteroatoms. The van der Waals surface area contributed by atoms with Crippen LogP contribution in [0.3, 0.4) is 0 Å². The highest BCUT2D eigenvalue weighted by atomic mass is 15.2. The molecule has 1 aliphatic heterocycles. The summed E-state index contributed by atoms with van der Waals surface area (Å²) in [5.74, 6) is 0.842. The Morgan fingerprint density at radius 2 is 2.07 bits per heavy atom. The van der Waals surface area contributed by atoms with E-state index in [1.807, 2.05) is 0 Å². The lowest BCUT2D eigenvalue weighted by atomic mass is 9.96. The number of likely N-dealkylation sites (N-methyl/N-ethyl adjacent to an activating group) is 1. The summed E-state index contributed by atoms with van der Waals surface area (Å²) in [7, 11) is 0. The van der Waals surface area contributed by atoms with Gasteiger partial charge in [0.2, 0.25) is 0 Å². The molecule has 15 heavy (non-hydrogen) atoms. The Hall–Kier alpha value is -0.0800. The highest BCUT2D eigenvalue weighted by Gasteiger charge is 2.27. The van der Waals surface area contributed by atoms with Crippen molar-refractivity contribution in [3.63, 3.8) is 0 Å². The molecular formula is C13H28N2. The van der Waals surface area contributed by atoms with Gasteiger partial charge in [-0.25, -0.2) is 0 Å². The van der Waals surface area contributed by atoms with Gasteiger partial charge in [-0.3, -0.25) is 4.90 Å². The van der Waals surface area contributed by atoms with Crippen LogP contribution in [0.25, 0.3) is 0 Å². The maximum atomic E-state index is 3.52. The third-order valence-corrected chi connectivity index (χ3v) is 3.68. The van der Waals surface area contributed by atoms with E-state index in [-0.39, 0.29) is 0 Å². The predicted octanol–water partition coefficient (Wildman–Crippen LogP) is 2.49. The van der Waals surface area contributed by atoms with Crippen molar-refractivity contribution in [2.45, 2.75) is 59.0 Å². The van der Waals surface area contributed by atoms with Crippen molar-refractivity contribution in [3.05, 3.63) is 0 Å². The first kappa shape index (κ1) is 13.0. The average Bonchev–Trinajstić information content (AvgIpc) is 2.37. The van der Waals surface area contributed by atoms with Crippen LogP contribution in [-0.2, 0) is 0 Å². The van der Waals surface area contributed by atoms with Gasteiger partial charge < -0.3 is 5.32 Å². The molecule has 0 aromatic carbocycles. The number of rotatable bonds is 4. The summed E-state index contributed by atoms with van der Waals surface area (Å²) in [5, 5.41) is 3.52. The Balaban J connectivity index is 2.60. The molecule has 0 spiro atoms. The first-order chi connectivity index (χ1) is 7.16. The van der Waals surface area contributed by atoms with E-state index in [1.165, 1.54) is 25.8 Å². The molecule has 1 N–H and O–H groups in total. The van der Waals surface area contributed by atoms with Crippen molar-refractivity contribution >= 4 is 0 Å². The molecular weight excluding hydrogens is 184 g/mol. The van der Waals surface area contributed by atoms with Gasteiger partial charge in [0.25, 0.3) is 0 Å². The van der Waals surface area contributed by atoms with E-state index in [0.29, 0.717) is 6.04 Å². The standard InChI is InChI=1S/C13H28N2/c1-5-14-10-13-12(4)8-6-7-9-15(13)11(2)3/h11-14H,5-10H2,1-4H3. The molecule has 2 unspecified atom stereocenters. The molecule has 2 nitrogen and oxygen atoms in total. The topological polar surface area (TPSA) is 15.3 Å². The molecule has 0 saturated carbocycles. The van der Waals surface area contributed by atoms with Gasteiger partial charge in [0.1, 0.15) is 0 Å². The molecule has 0 aliphatic carbocycles. The van der Waals surface area contributed by atoms with E-state index in [1.54, 1.807) is 0 Å². The molecule has 1 rings (SSSR count). The summed E-state index contributed by atoms with van der Waals surface area (Å²) in [6.45, 7) is 12.8. The maximum Gasteiger partial charge on any atom is 0.0248 e. The Kier molecular flexibility index (Phi) is 5.62. The van der Waals surface area contributed by atoms with E-state index in [2.05, 4.69) is 37.9 Å². The first-order valence-corrected chi connectivity index (χ1v) is 6.63. The predicted molar refractivity (Wildman–Crippen MR) is 67.2 cm³/mol. The Morgan fingerprint density at radius 3 is 2.67 bits per heavy atom. The highest BCUT2D eigenvalue weighted by Crippen LogP contribution is 2.23. The van der Waals surface area contributed by atoms with Gasteiger partial charge in [-0.15, -0.1) is 0 Å². The summed E-state index contributed by atoms with van der Waals surface area (Å²) in [4.78, 5) is 2.69. The van der Waals surface area contributed by atoms with Crippen LogP contribution >= 0.6 is 0 Å². The number of hydrogen-bond acceptors (Lipinski definition) is 2. The lowest BCUT2D eigenvalue weighted by Crippen LogP contribution is -2.48. The number of hydrogen-bond donors (Lipinski definition) is 1. The van der Waals surface area contributed by atoms with Crippen molar-refractivity contribution in [3.8, 4) is 0 Å². The summed E-state index contributed by atoms with van der Waals surface area (Å²) in [6.07, 6.45) is 4.19. The third kappa shape index (κ3) is 3.76. The highest BCUT2D eigenvalue weighted by molar-refractivity contribution is 4.83. The van der Waals surface area contributed by atoms with E-state index < -0.39 is 0 Å². The second-order valence-corrected chi connectivity index (χ2v) is 5.18. The van der Waals surface area contributed by atoms with Crippen LogP contribution in [0.1, 0.15) is 47.0 Å². The SMILES string of the molecule is CCNCC1C(C)CCCCN1C(C)C. The lowest BCUT2D eigenvalue weighted by Gasteiger charge is -2.36. The molecule has 1 aliphatic rings. The quantitative estimate of drug-likeness (QED) is 0.770. The van der Waals surface area contributed by atoms with Crippen molar-refractivity contribution in [1.82, 2.24) is 10.2 Å². The van der Waals surface area contributed by atoms with E-state index in [4.69, 9.17) is 0 Å². The minimum absolute atomic E-state index is 0.689. The maximum absolute atomic E-state index is 3.52. The minimum atomic E-state index is 0.689. The van der Waals surface area contributed by atoms with Gasteiger partial charge in [0.05, 0.1) is 0 Å². The first-order valence-electron chi connectivity index (χ1n) is 6.63. The molecule has 0 aromatic rings. The third-order valence-electron chi connectivity index (χ3n) is 3.68. The van der Waals surface area contributed by atoms with Crippen LogP contribution in [0.5, 0.6) is 0 Å². The molecule has 2 atom stereocenters. The van der Waals surface area contributed by atoms with E-state index >= 15 is 0 Å². The van der Waals surface area contributed by atoms with Crippen LogP contribution in [0.4, 0.5) is 0 Å². The zero-order valence-corrected chi connectivity index (χ0v) is 10.9. The van der Waals surface area contributed by atoms with Gasteiger partial charge >= 0.3 is 0 Å². The van der Waals surface area contributed by atoms with E-state index in [0.717, 1.165) is 25.0 Å². The summed E-state index contributed by atoms with van der Waals surface area (Å²) >= 11 is 0. The summed E-state index contributed by atoms with van der Waals surface area (Å²) in [6, 6.07) is 1.43. The van der Waals surface area contributed by atoms with Crippen molar-refractivity contribution < 1.29 is 0 Å². The minimum Gasteiger partial charge on any atom is -0.315 e. The molecule has 0 radical (unpaired) electrons. The molecule has 1 saturated heterocycles. The zero-order valence-electron chi connectivity index (χ0n) is 10.9. The molecule has 1 heterocycles. The Morgan fingerprint density at radius 1 is 1.33 bits per heavy atom. The molecule has 90 valence electrons. The van der Waals surface area contributed by atoms with Crippen molar-refractivity contribution in [2.24, 2.45) is 5.92 Å². The second kappa shape index (κ2) is 6.49. The van der Waals surface area contributed by atoms with Gasteiger partial charge in [-0.05, 0) is 45.7 Å². The molecule has 0 bridgehead atoms. The molecule has 0 amide bonds. The van der Waals surface area contributed by atoms with Crippen LogP contribution < -0.4 is 5.32 Å². The molecule has 0 aromatic heterocycles. The van der Waals surface area contributed by atoms with Crippen LogP contribution in [-0.4, -0.2) is 36.6 Å². The van der Waals surface area contributed by atoms with E-state index in [9.17, 15) is 0 Å². The fraction of sp³-hybridized carbons (Fsp3) is 1.00. The van der Waals surface area contributed by atoms with Gasteiger partial charge in [0, 0.05) is 18.6 Å². The lowest BCUT2D eigenvalue weighted by molar-refractivity contribution is 0.123. The Bertz CT molecular complexity index is 168. The van der Waals surface area contributed by atoms with Crippen molar-refractivity contribution in [1.29, 1.82) is 0 Å². The summed E-state index contributed by atoms with van der Waals surface area (Å²) < 4.78 is 0.